The average Bonchev–Trinajstić information content (AvgIpc) is 2.80. The highest BCUT2D eigenvalue weighted by Gasteiger charge is 2.13. The SMILES string of the molecule is CCOc1cc(/C=N/NC(=O)c2cccc(C)c2)ccc1OC(=O)c1ccc(OC)cc1. The van der Waals surface area contributed by atoms with E-state index in [2.05, 4.69) is 10.5 Å². The van der Waals surface area contributed by atoms with Gasteiger partial charge in [-0.3, -0.25) is 4.79 Å². The Balaban J connectivity index is 1.69. The first-order chi connectivity index (χ1) is 15.5. The molecule has 0 spiro atoms. The van der Waals surface area contributed by atoms with Gasteiger partial charge in [-0.05, 0) is 74.0 Å². The Morgan fingerprint density at radius 1 is 0.969 bits per heavy atom. The number of benzene rings is 3. The maximum absolute atomic E-state index is 12.5. The van der Waals surface area contributed by atoms with Crippen LogP contribution in [0.3, 0.4) is 0 Å². The minimum absolute atomic E-state index is 0.286. The first-order valence-electron chi connectivity index (χ1n) is 10.0. The van der Waals surface area contributed by atoms with Crippen LogP contribution in [0.2, 0.25) is 0 Å². The van der Waals surface area contributed by atoms with E-state index < -0.39 is 5.97 Å². The van der Waals surface area contributed by atoms with E-state index >= 15 is 0 Å². The van der Waals surface area contributed by atoms with E-state index in [0.717, 1.165) is 5.56 Å². The number of nitrogens with zero attached hydrogens (tertiary/aromatic N) is 1. The van der Waals surface area contributed by atoms with Crippen molar-refractivity contribution >= 4 is 18.1 Å². The molecule has 0 saturated heterocycles. The van der Waals surface area contributed by atoms with Gasteiger partial charge in [-0.2, -0.15) is 5.10 Å². The summed E-state index contributed by atoms with van der Waals surface area (Å²) < 4.78 is 16.2. The van der Waals surface area contributed by atoms with E-state index in [4.69, 9.17) is 14.2 Å². The minimum Gasteiger partial charge on any atom is -0.497 e. The van der Waals surface area contributed by atoms with Crippen molar-refractivity contribution in [3.8, 4) is 17.2 Å². The second-order valence-corrected chi connectivity index (χ2v) is 6.83. The summed E-state index contributed by atoms with van der Waals surface area (Å²) in [6.07, 6.45) is 1.49. The van der Waals surface area contributed by atoms with Crippen LogP contribution in [0.5, 0.6) is 17.2 Å². The van der Waals surface area contributed by atoms with Crippen LogP contribution in [0.4, 0.5) is 0 Å². The predicted octanol–water partition coefficient (Wildman–Crippen LogP) is 4.39. The number of amides is 1. The second kappa shape index (κ2) is 10.8. The zero-order chi connectivity index (χ0) is 22.9. The number of hydrazone groups is 1. The van der Waals surface area contributed by atoms with Gasteiger partial charge in [0.15, 0.2) is 11.5 Å². The summed E-state index contributed by atoms with van der Waals surface area (Å²) in [5.41, 5.74) is 5.07. The molecule has 1 amide bonds. The molecule has 0 saturated carbocycles. The fourth-order valence-electron chi connectivity index (χ4n) is 2.86. The van der Waals surface area contributed by atoms with Gasteiger partial charge in [0, 0.05) is 5.56 Å². The molecule has 0 fully saturated rings. The molecule has 3 aromatic rings. The highest BCUT2D eigenvalue weighted by molar-refractivity contribution is 5.95. The van der Waals surface area contributed by atoms with Crippen LogP contribution in [0.25, 0.3) is 0 Å². The molecule has 0 radical (unpaired) electrons. The van der Waals surface area contributed by atoms with Gasteiger partial charge in [0.1, 0.15) is 5.75 Å². The van der Waals surface area contributed by atoms with Crippen LogP contribution < -0.4 is 19.6 Å². The van der Waals surface area contributed by atoms with E-state index in [1.165, 1.54) is 6.21 Å². The topological polar surface area (TPSA) is 86.2 Å². The first kappa shape index (κ1) is 22.6. The van der Waals surface area contributed by atoms with Gasteiger partial charge in [0.25, 0.3) is 5.91 Å². The van der Waals surface area contributed by atoms with Crippen LogP contribution in [-0.2, 0) is 0 Å². The van der Waals surface area contributed by atoms with Gasteiger partial charge >= 0.3 is 5.97 Å². The molecule has 7 nitrogen and oxygen atoms in total. The zero-order valence-electron chi connectivity index (χ0n) is 18.1. The van der Waals surface area contributed by atoms with E-state index in [1.54, 1.807) is 61.7 Å². The van der Waals surface area contributed by atoms with E-state index in [-0.39, 0.29) is 11.7 Å². The van der Waals surface area contributed by atoms with Crippen molar-refractivity contribution in [2.24, 2.45) is 5.10 Å². The molecule has 1 N–H and O–H groups in total. The van der Waals surface area contributed by atoms with Crippen molar-refractivity contribution < 1.29 is 23.8 Å². The number of hydrogen-bond acceptors (Lipinski definition) is 6. The number of rotatable bonds is 8. The zero-order valence-corrected chi connectivity index (χ0v) is 18.1. The van der Waals surface area contributed by atoms with Gasteiger partial charge in [-0.25, -0.2) is 10.2 Å². The van der Waals surface area contributed by atoms with Crippen LogP contribution >= 0.6 is 0 Å². The van der Waals surface area contributed by atoms with Crippen LogP contribution in [0, 0.1) is 6.92 Å². The van der Waals surface area contributed by atoms with Crippen LogP contribution in [0.1, 0.15) is 38.8 Å². The van der Waals surface area contributed by atoms with Crippen LogP contribution in [0.15, 0.2) is 71.8 Å². The average molecular weight is 432 g/mol. The Bertz CT molecular complexity index is 1120. The summed E-state index contributed by atoms with van der Waals surface area (Å²) >= 11 is 0. The largest absolute Gasteiger partial charge is 0.497 e. The summed E-state index contributed by atoms with van der Waals surface area (Å²) in [5.74, 6) is 0.507. The fourth-order valence-corrected chi connectivity index (χ4v) is 2.86. The Kier molecular flexibility index (Phi) is 7.59. The number of ether oxygens (including phenoxy) is 3. The van der Waals surface area contributed by atoms with E-state index in [0.29, 0.717) is 34.8 Å². The lowest BCUT2D eigenvalue weighted by molar-refractivity contribution is 0.0728. The third kappa shape index (κ3) is 5.95. The maximum Gasteiger partial charge on any atom is 0.343 e. The highest BCUT2D eigenvalue weighted by Crippen LogP contribution is 2.29. The Morgan fingerprint density at radius 3 is 2.44 bits per heavy atom. The third-order valence-electron chi connectivity index (χ3n) is 4.46. The van der Waals surface area contributed by atoms with Crippen molar-refractivity contribution in [2.45, 2.75) is 13.8 Å². The summed E-state index contributed by atoms with van der Waals surface area (Å²) in [4.78, 5) is 24.7. The van der Waals surface area contributed by atoms with E-state index in [1.807, 2.05) is 26.0 Å². The first-order valence-corrected chi connectivity index (χ1v) is 10.0. The molecule has 164 valence electrons. The molecular weight excluding hydrogens is 408 g/mol. The lowest BCUT2D eigenvalue weighted by atomic mass is 10.1. The van der Waals surface area contributed by atoms with E-state index in [9.17, 15) is 9.59 Å². The molecule has 0 aromatic heterocycles. The molecule has 32 heavy (non-hydrogen) atoms. The van der Waals surface area contributed by atoms with Gasteiger partial charge in [-0.15, -0.1) is 0 Å². The number of nitrogens with one attached hydrogen (secondary N) is 1. The molecule has 0 aliphatic heterocycles. The van der Waals surface area contributed by atoms with Gasteiger partial charge < -0.3 is 14.2 Å². The number of carbonyl (C=O) groups is 2. The number of esters is 1. The highest BCUT2D eigenvalue weighted by atomic mass is 16.6. The lowest BCUT2D eigenvalue weighted by Gasteiger charge is -2.11. The van der Waals surface area contributed by atoms with Crippen molar-refractivity contribution in [3.05, 3.63) is 89.0 Å². The predicted molar refractivity (Wildman–Crippen MR) is 122 cm³/mol. The minimum atomic E-state index is -0.513. The molecule has 0 atom stereocenters. The Morgan fingerprint density at radius 2 is 1.75 bits per heavy atom. The smallest absolute Gasteiger partial charge is 0.343 e. The molecule has 7 heteroatoms. The maximum atomic E-state index is 12.5. The number of aryl methyl sites for hydroxylation is 1. The number of methoxy groups -OCH3 is 1. The molecule has 0 bridgehead atoms. The summed E-state index contributed by atoms with van der Waals surface area (Å²) in [6, 6.07) is 18.9. The van der Waals surface area contributed by atoms with Gasteiger partial charge in [0.05, 0.1) is 25.5 Å². The summed E-state index contributed by atoms with van der Waals surface area (Å²) in [6.45, 7) is 4.13. The molecule has 3 aromatic carbocycles. The summed E-state index contributed by atoms with van der Waals surface area (Å²) in [5, 5.41) is 4.00. The summed E-state index contributed by atoms with van der Waals surface area (Å²) in [7, 11) is 1.56. The quantitative estimate of drug-likeness (QED) is 0.247. The van der Waals surface area contributed by atoms with Crippen LogP contribution in [-0.4, -0.2) is 31.8 Å². The lowest BCUT2D eigenvalue weighted by Crippen LogP contribution is -2.17. The van der Waals surface area contributed by atoms with Crippen molar-refractivity contribution in [1.29, 1.82) is 0 Å². The fraction of sp³-hybridized carbons (Fsp3) is 0.160. The molecule has 0 aliphatic rings. The van der Waals surface area contributed by atoms with Crippen molar-refractivity contribution in [2.75, 3.05) is 13.7 Å². The normalized spacial score (nSPS) is 10.6. The molecular formula is C25H24N2O5. The molecule has 0 heterocycles. The Labute approximate surface area is 186 Å². The molecule has 0 unspecified atom stereocenters. The second-order valence-electron chi connectivity index (χ2n) is 6.83. The number of hydrogen-bond donors (Lipinski definition) is 1. The monoisotopic (exact) mass is 432 g/mol. The standard InChI is InChI=1S/C25H24N2O5/c1-4-31-23-15-18(16-26-27-24(28)20-7-5-6-17(2)14-20)8-13-22(23)32-25(29)19-9-11-21(30-3)12-10-19/h5-16H,4H2,1-3H3,(H,27,28)/b26-16+. The number of carbonyl (C=O) groups excluding carboxylic acids is 2. The van der Waals surface area contributed by atoms with Crippen molar-refractivity contribution in [1.82, 2.24) is 5.43 Å². The van der Waals surface area contributed by atoms with Gasteiger partial charge in [0.2, 0.25) is 0 Å². The van der Waals surface area contributed by atoms with Gasteiger partial charge in [-0.1, -0.05) is 17.7 Å². The molecule has 0 aliphatic carbocycles. The Hall–Kier alpha value is -4.13. The molecule has 3 rings (SSSR count). The third-order valence-corrected chi connectivity index (χ3v) is 4.46. The van der Waals surface area contributed by atoms with Crippen molar-refractivity contribution in [3.63, 3.8) is 0 Å².